The summed E-state index contributed by atoms with van der Waals surface area (Å²) in [5.74, 6) is 1.39. The Kier molecular flexibility index (Phi) is 6.03. The summed E-state index contributed by atoms with van der Waals surface area (Å²) in [4.78, 5) is 17.7. The van der Waals surface area contributed by atoms with Gasteiger partial charge in [0.15, 0.2) is 11.5 Å². The number of benzene rings is 2. The number of aliphatic hydroxyl groups is 1. The summed E-state index contributed by atoms with van der Waals surface area (Å²) in [6.45, 7) is 5.52. The lowest BCUT2D eigenvalue weighted by atomic mass is 9.48. The maximum atomic E-state index is 13.5. The molecule has 1 N–H and O–H groups in total. The maximum absolute atomic E-state index is 13.5. The molecule has 5 atom stereocenters. The van der Waals surface area contributed by atoms with Crippen molar-refractivity contribution < 1.29 is 19.4 Å². The van der Waals surface area contributed by atoms with Crippen molar-refractivity contribution in [1.82, 2.24) is 9.80 Å². The standard InChI is InChI=1S/C29H32Cl2N2O4/c1-4-12-33-13-11-28-25-18-6-8-22(36-3)26(25)37-27(28)21(9-10-29(28,35)23(33)16-18)32(2)24(34)15-17-5-7-19(30)20(31)14-17/h4-8,14,21,23,27,35H,1,9-13,15-16H2,2-3H3/t21-,23-,27+,28+,29-/m1/s1. The Labute approximate surface area is 227 Å². The second kappa shape index (κ2) is 8.91. The second-order valence-corrected chi connectivity index (χ2v) is 11.7. The molecule has 1 saturated carbocycles. The van der Waals surface area contributed by atoms with Gasteiger partial charge in [-0.3, -0.25) is 9.69 Å². The molecule has 37 heavy (non-hydrogen) atoms. The lowest BCUT2D eigenvalue weighted by Gasteiger charge is -2.64. The van der Waals surface area contributed by atoms with Crippen LogP contribution in [0.3, 0.4) is 0 Å². The molecule has 2 bridgehead atoms. The van der Waals surface area contributed by atoms with E-state index in [1.54, 1.807) is 19.2 Å². The van der Waals surface area contributed by atoms with Gasteiger partial charge in [-0.05, 0) is 61.6 Å². The van der Waals surface area contributed by atoms with Gasteiger partial charge in [0.2, 0.25) is 5.91 Å². The second-order valence-electron chi connectivity index (χ2n) is 10.9. The summed E-state index contributed by atoms with van der Waals surface area (Å²) in [6, 6.07) is 9.16. The number of halogens is 2. The summed E-state index contributed by atoms with van der Waals surface area (Å²) in [7, 11) is 3.50. The number of carbonyl (C=O) groups is 1. The summed E-state index contributed by atoms with van der Waals surface area (Å²) < 4.78 is 12.5. The van der Waals surface area contributed by atoms with Gasteiger partial charge >= 0.3 is 0 Å². The number of methoxy groups -OCH3 is 1. The summed E-state index contributed by atoms with van der Waals surface area (Å²) in [5, 5.41) is 13.5. The molecule has 6 nitrogen and oxygen atoms in total. The molecule has 0 aromatic heterocycles. The van der Waals surface area contributed by atoms with Gasteiger partial charge in [-0.15, -0.1) is 6.58 Å². The van der Waals surface area contributed by atoms with E-state index in [1.165, 1.54) is 5.56 Å². The van der Waals surface area contributed by atoms with Gasteiger partial charge in [0.25, 0.3) is 0 Å². The van der Waals surface area contributed by atoms with Crippen molar-refractivity contribution in [2.45, 2.75) is 61.3 Å². The van der Waals surface area contributed by atoms with Crippen LogP contribution in [-0.2, 0) is 23.1 Å². The Morgan fingerprint density at radius 3 is 2.84 bits per heavy atom. The molecule has 4 aliphatic rings. The van der Waals surface area contributed by atoms with Crippen LogP contribution >= 0.6 is 23.2 Å². The van der Waals surface area contributed by atoms with E-state index >= 15 is 0 Å². The minimum Gasteiger partial charge on any atom is -0.493 e. The summed E-state index contributed by atoms with van der Waals surface area (Å²) in [5.41, 5.74) is 1.53. The fraction of sp³-hybridized carbons (Fsp3) is 0.483. The highest BCUT2D eigenvalue weighted by Gasteiger charge is 2.73. The van der Waals surface area contributed by atoms with E-state index in [0.29, 0.717) is 28.6 Å². The van der Waals surface area contributed by atoms with Crippen LogP contribution in [0.25, 0.3) is 0 Å². The monoisotopic (exact) mass is 542 g/mol. The van der Waals surface area contributed by atoms with Crippen molar-refractivity contribution in [3.63, 3.8) is 0 Å². The number of ether oxygens (including phenoxy) is 2. The van der Waals surface area contributed by atoms with Crippen LogP contribution in [0.2, 0.25) is 10.0 Å². The first-order chi connectivity index (χ1) is 17.7. The number of hydrogen-bond donors (Lipinski definition) is 1. The van der Waals surface area contributed by atoms with E-state index < -0.39 is 11.0 Å². The van der Waals surface area contributed by atoms with Gasteiger partial charge in [-0.25, -0.2) is 0 Å². The molecule has 2 fully saturated rings. The number of amides is 1. The molecule has 1 spiro atoms. The highest BCUT2D eigenvalue weighted by molar-refractivity contribution is 6.42. The van der Waals surface area contributed by atoms with Crippen molar-refractivity contribution in [3.05, 3.63) is 69.7 Å². The smallest absolute Gasteiger partial charge is 0.227 e. The summed E-state index contributed by atoms with van der Waals surface area (Å²) >= 11 is 12.3. The number of piperidine rings is 1. The zero-order chi connectivity index (χ0) is 26.1. The first-order valence-electron chi connectivity index (χ1n) is 12.9. The van der Waals surface area contributed by atoms with Gasteiger partial charge in [0, 0.05) is 25.2 Å². The molecule has 196 valence electrons. The normalized spacial score (nSPS) is 31.3. The predicted octanol–water partition coefficient (Wildman–Crippen LogP) is 4.41. The third-order valence-corrected chi connectivity index (χ3v) is 10.1. The molecule has 2 aromatic carbocycles. The number of carbonyl (C=O) groups excluding carboxylic acids is 1. The number of likely N-dealkylation sites (N-methyl/N-ethyl adjacent to an activating group) is 1. The van der Waals surface area contributed by atoms with Crippen molar-refractivity contribution in [1.29, 1.82) is 0 Å². The zero-order valence-corrected chi connectivity index (χ0v) is 22.7. The van der Waals surface area contributed by atoms with E-state index in [1.807, 2.05) is 30.2 Å². The van der Waals surface area contributed by atoms with Crippen molar-refractivity contribution in [2.75, 3.05) is 27.2 Å². The number of hydrogen-bond acceptors (Lipinski definition) is 5. The van der Waals surface area contributed by atoms with Gasteiger partial charge in [-0.1, -0.05) is 41.4 Å². The molecule has 2 aromatic rings. The Morgan fingerprint density at radius 2 is 2.11 bits per heavy atom. The van der Waals surface area contributed by atoms with Crippen LogP contribution in [0.5, 0.6) is 11.5 Å². The largest absolute Gasteiger partial charge is 0.493 e. The van der Waals surface area contributed by atoms with Gasteiger partial charge in [0.05, 0.1) is 40.6 Å². The van der Waals surface area contributed by atoms with E-state index in [4.69, 9.17) is 32.7 Å². The van der Waals surface area contributed by atoms with Crippen LogP contribution in [0.15, 0.2) is 43.0 Å². The van der Waals surface area contributed by atoms with E-state index in [0.717, 1.165) is 42.8 Å². The Bertz CT molecular complexity index is 1280. The first kappa shape index (κ1) is 25.1. The minimum absolute atomic E-state index is 0.0200. The average molecular weight is 543 g/mol. The van der Waals surface area contributed by atoms with Gasteiger partial charge in [-0.2, -0.15) is 0 Å². The molecule has 2 heterocycles. The quantitative estimate of drug-likeness (QED) is 0.547. The maximum Gasteiger partial charge on any atom is 0.227 e. The molecular formula is C29H32Cl2N2O4. The highest BCUT2D eigenvalue weighted by atomic mass is 35.5. The average Bonchev–Trinajstić information content (AvgIpc) is 3.23. The first-order valence-corrected chi connectivity index (χ1v) is 13.6. The molecule has 1 saturated heterocycles. The van der Waals surface area contributed by atoms with Crippen LogP contribution in [0, 0.1) is 0 Å². The van der Waals surface area contributed by atoms with Crippen LogP contribution in [0.1, 0.15) is 36.0 Å². The Balaban J connectivity index is 1.39. The molecular weight excluding hydrogens is 511 g/mol. The van der Waals surface area contributed by atoms with Crippen molar-refractivity contribution in [3.8, 4) is 11.5 Å². The Hall–Kier alpha value is -2.25. The third-order valence-electron chi connectivity index (χ3n) is 9.34. The van der Waals surface area contributed by atoms with E-state index in [9.17, 15) is 9.90 Å². The molecule has 2 aliphatic heterocycles. The topological polar surface area (TPSA) is 62.2 Å². The third kappa shape index (κ3) is 3.42. The van der Waals surface area contributed by atoms with Crippen molar-refractivity contribution >= 4 is 29.1 Å². The number of likely N-dealkylation sites (tertiary alicyclic amines) is 1. The van der Waals surface area contributed by atoms with Crippen LogP contribution < -0.4 is 9.47 Å². The molecule has 8 heteroatoms. The van der Waals surface area contributed by atoms with Crippen LogP contribution in [0.4, 0.5) is 0 Å². The molecule has 1 amide bonds. The lowest BCUT2D eigenvalue weighted by Crippen LogP contribution is -2.78. The summed E-state index contributed by atoms with van der Waals surface area (Å²) in [6.07, 6.45) is 4.51. The zero-order valence-electron chi connectivity index (χ0n) is 21.2. The minimum atomic E-state index is -0.965. The molecule has 0 unspecified atom stereocenters. The molecule has 2 aliphatic carbocycles. The van der Waals surface area contributed by atoms with E-state index in [-0.39, 0.29) is 30.5 Å². The van der Waals surface area contributed by atoms with Gasteiger partial charge in [0.1, 0.15) is 6.10 Å². The predicted molar refractivity (Wildman–Crippen MR) is 144 cm³/mol. The fourth-order valence-electron chi connectivity index (χ4n) is 7.67. The lowest BCUT2D eigenvalue weighted by molar-refractivity contribution is -0.198. The molecule has 6 rings (SSSR count). The SMILES string of the molecule is C=CCN1CC[C@]23c4c5ccc(OC)c4O[C@H]2[C@H](N(C)C(=O)Cc2ccc(Cl)c(Cl)c2)CC[C@@]3(O)[C@H]1C5. The van der Waals surface area contributed by atoms with Gasteiger partial charge < -0.3 is 19.5 Å². The van der Waals surface area contributed by atoms with Crippen molar-refractivity contribution in [2.24, 2.45) is 0 Å². The Morgan fingerprint density at radius 1 is 1.30 bits per heavy atom. The fourth-order valence-corrected chi connectivity index (χ4v) is 7.99. The number of nitrogens with zero attached hydrogens (tertiary/aromatic N) is 2. The molecule has 0 radical (unpaired) electrons. The van der Waals surface area contributed by atoms with Crippen LogP contribution in [-0.4, -0.2) is 71.8 Å². The number of rotatable bonds is 6. The highest BCUT2D eigenvalue weighted by Crippen LogP contribution is 2.65. The van der Waals surface area contributed by atoms with E-state index in [2.05, 4.69) is 17.5 Å².